The predicted octanol–water partition coefficient (Wildman–Crippen LogP) is 2.13. The fourth-order valence-corrected chi connectivity index (χ4v) is 1.73. The van der Waals surface area contributed by atoms with Gasteiger partial charge in [-0.1, -0.05) is 12.1 Å². The van der Waals surface area contributed by atoms with Crippen molar-refractivity contribution in [1.29, 1.82) is 0 Å². The minimum Gasteiger partial charge on any atom is -0.308 e. The molecule has 1 atom stereocenters. The topological polar surface area (TPSA) is 53.6 Å². The summed E-state index contributed by atoms with van der Waals surface area (Å²) < 4.78 is 37.9. The van der Waals surface area contributed by atoms with E-state index in [9.17, 15) is 13.2 Å². The van der Waals surface area contributed by atoms with E-state index in [2.05, 4.69) is 20.7 Å². The van der Waals surface area contributed by atoms with Gasteiger partial charge in [0.05, 0.1) is 17.8 Å². The van der Waals surface area contributed by atoms with Gasteiger partial charge in [0, 0.05) is 0 Å². The van der Waals surface area contributed by atoms with Crippen LogP contribution in [-0.2, 0) is 6.18 Å². The molecule has 0 aliphatic rings. The van der Waals surface area contributed by atoms with Crippen LogP contribution in [0.1, 0.15) is 22.9 Å². The van der Waals surface area contributed by atoms with Crippen molar-refractivity contribution in [1.82, 2.24) is 20.7 Å². The first kappa shape index (κ1) is 12.6. The smallest absolute Gasteiger partial charge is 0.308 e. The number of H-pyrrole nitrogens is 1. The summed E-state index contributed by atoms with van der Waals surface area (Å²) in [5, 5.41) is 12.9. The maximum Gasteiger partial charge on any atom is 0.416 e. The number of alkyl halides is 3. The first-order valence-electron chi connectivity index (χ1n) is 5.22. The highest BCUT2D eigenvalue weighted by Crippen LogP contribution is 2.31. The van der Waals surface area contributed by atoms with Crippen molar-refractivity contribution in [2.45, 2.75) is 12.2 Å². The first-order valence-corrected chi connectivity index (χ1v) is 5.22. The zero-order chi connectivity index (χ0) is 13.2. The average Bonchev–Trinajstić information content (AvgIpc) is 2.83. The van der Waals surface area contributed by atoms with Crippen LogP contribution in [0.4, 0.5) is 13.2 Å². The second-order valence-corrected chi connectivity index (χ2v) is 3.74. The van der Waals surface area contributed by atoms with E-state index >= 15 is 0 Å². The third-order valence-electron chi connectivity index (χ3n) is 2.57. The number of rotatable bonds is 3. The van der Waals surface area contributed by atoms with Crippen LogP contribution in [0.2, 0.25) is 0 Å². The van der Waals surface area contributed by atoms with Crippen molar-refractivity contribution in [2.75, 3.05) is 7.05 Å². The third-order valence-corrected chi connectivity index (χ3v) is 2.57. The number of hydrogen-bond acceptors (Lipinski definition) is 3. The van der Waals surface area contributed by atoms with Gasteiger partial charge >= 0.3 is 6.18 Å². The van der Waals surface area contributed by atoms with E-state index in [0.29, 0.717) is 11.3 Å². The summed E-state index contributed by atoms with van der Waals surface area (Å²) in [7, 11) is 1.65. The average molecular weight is 256 g/mol. The molecule has 0 fully saturated rings. The number of hydrogen-bond donors (Lipinski definition) is 2. The van der Waals surface area contributed by atoms with E-state index in [1.54, 1.807) is 13.1 Å². The van der Waals surface area contributed by atoms with Gasteiger partial charge in [-0.15, -0.1) is 0 Å². The van der Waals surface area contributed by atoms with Crippen LogP contribution >= 0.6 is 0 Å². The van der Waals surface area contributed by atoms with Gasteiger partial charge in [-0.05, 0) is 24.7 Å². The Balaban J connectivity index is 2.38. The molecule has 1 heterocycles. The Labute approximate surface area is 101 Å². The lowest BCUT2D eigenvalue weighted by Crippen LogP contribution is -2.19. The lowest BCUT2D eigenvalue weighted by atomic mass is 10.0. The van der Waals surface area contributed by atoms with Crippen molar-refractivity contribution in [2.24, 2.45) is 0 Å². The van der Waals surface area contributed by atoms with Gasteiger partial charge in [-0.25, -0.2) is 0 Å². The predicted molar refractivity (Wildman–Crippen MR) is 58.7 cm³/mol. The van der Waals surface area contributed by atoms with Gasteiger partial charge in [-0.2, -0.15) is 28.6 Å². The Morgan fingerprint density at radius 1 is 1.33 bits per heavy atom. The normalized spacial score (nSPS) is 13.6. The van der Waals surface area contributed by atoms with Gasteiger partial charge in [-0.3, -0.25) is 0 Å². The second kappa shape index (κ2) is 4.77. The number of benzene rings is 1. The summed E-state index contributed by atoms with van der Waals surface area (Å²) in [4.78, 5) is 0. The molecule has 1 aromatic heterocycles. The van der Waals surface area contributed by atoms with Gasteiger partial charge in [0.25, 0.3) is 0 Å². The Bertz CT molecular complexity index is 507. The molecule has 0 aliphatic heterocycles. The summed E-state index contributed by atoms with van der Waals surface area (Å²) in [6.45, 7) is 0. The lowest BCUT2D eigenvalue weighted by molar-refractivity contribution is -0.137. The summed E-state index contributed by atoms with van der Waals surface area (Å²) >= 11 is 0. The lowest BCUT2D eigenvalue weighted by Gasteiger charge is -2.15. The maximum atomic E-state index is 12.6. The summed E-state index contributed by atoms with van der Waals surface area (Å²) in [5.41, 5.74) is 0.349. The van der Waals surface area contributed by atoms with Crippen LogP contribution in [0.5, 0.6) is 0 Å². The van der Waals surface area contributed by atoms with Crippen LogP contribution in [0.15, 0.2) is 30.5 Å². The van der Waals surface area contributed by atoms with Crippen molar-refractivity contribution in [3.05, 3.63) is 47.3 Å². The molecule has 0 spiro atoms. The molecular weight excluding hydrogens is 245 g/mol. The fourth-order valence-electron chi connectivity index (χ4n) is 1.73. The van der Waals surface area contributed by atoms with E-state index in [1.807, 2.05) is 0 Å². The number of halogens is 3. The molecule has 1 aromatic carbocycles. The minimum absolute atomic E-state index is 0.425. The highest BCUT2D eigenvalue weighted by Gasteiger charge is 2.31. The van der Waals surface area contributed by atoms with Crippen LogP contribution in [0.3, 0.4) is 0 Å². The number of aromatic amines is 1. The second-order valence-electron chi connectivity index (χ2n) is 3.74. The largest absolute Gasteiger partial charge is 0.416 e. The van der Waals surface area contributed by atoms with Crippen LogP contribution in [-0.4, -0.2) is 22.5 Å². The Morgan fingerprint density at radius 2 is 2.11 bits per heavy atom. The van der Waals surface area contributed by atoms with Gasteiger partial charge in [0.1, 0.15) is 5.69 Å². The monoisotopic (exact) mass is 256 g/mol. The first-order chi connectivity index (χ1) is 8.52. The number of nitrogens with one attached hydrogen (secondary N) is 2. The molecule has 0 bridgehead atoms. The molecule has 0 amide bonds. The van der Waals surface area contributed by atoms with Crippen LogP contribution in [0.25, 0.3) is 0 Å². The van der Waals surface area contributed by atoms with E-state index < -0.39 is 17.8 Å². The molecule has 7 heteroatoms. The highest BCUT2D eigenvalue weighted by atomic mass is 19.4. The standard InChI is InChI=1S/C11H11F3N4/c1-15-10(9-6-16-18-17-9)7-3-2-4-8(5-7)11(12,13)14/h2-6,10,15H,1H3,(H,16,17,18). The molecule has 4 nitrogen and oxygen atoms in total. The van der Waals surface area contributed by atoms with E-state index in [4.69, 9.17) is 0 Å². The fraction of sp³-hybridized carbons (Fsp3) is 0.273. The van der Waals surface area contributed by atoms with Gasteiger partial charge in [0.2, 0.25) is 0 Å². The van der Waals surface area contributed by atoms with Crippen LogP contribution in [0, 0.1) is 0 Å². The number of nitrogens with zero attached hydrogens (tertiary/aromatic N) is 2. The molecule has 0 aliphatic carbocycles. The zero-order valence-electron chi connectivity index (χ0n) is 9.49. The molecule has 2 rings (SSSR count). The Kier molecular flexibility index (Phi) is 3.33. The van der Waals surface area contributed by atoms with E-state index in [-0.39, 0.29) is 0 Å². The van der Waals surface area contributed by atoms with Crippen molar-refractivity contribution in [3.8, 4) is 0 Å². The quantitative estimate of drug-likeness (QED) is 0.884. The molecule has 0 saturated heterocycles. The Hall–Kier alpha value is -1.89. The van der Waals surface area contributed by atoms with Crippen molar-refractivity contribution >= 4 is 0 Å². The molecule has 0 radical (unpaired) electrons. The molecule has 96 valence electrons. The highest BCUT2D eigenvalue weighted by molar-refractivity contribution is 5.31. The molecule has 2 N–H and O–H groups in total. The molecule has 18 heavy (non-hydrogen) atoms. The van der Waals surface area contributed by atoms with Crippen LogP contribution < -0.4 is 5.32 Å². The summed E-state index contributed by atoms with van der Waals surface area (Å²) in [6.07, 6.45) is -2.88. The van der Waals surface area contributed by atoms with Crippen molar-refractivity contribution in [3.63, 3.8) is 0 Å². The van der Waals surface area contributed by atoms with E-state index in [0.717, 1.165) is 12.1 Å². The molecule has 1 unspecified atom stereocenters. The summed E-state index contributed by atoms with van der Waals surface area (Å²) in [6, 6.07) is 4.72. The summed E-state index contributed by atoms with van der Waals surface area (Å²) in [5.74, 6) is 0. The van der Waals surface area contributed by atoms with Gasteiger partial charge in [0.15, 0.2) is 0 Å². The SMILES string of the molecule is CNC(c1cccc(C(F)(F)F)c1)c1cn[nH]n1. The third kappa shape index (κ3) is 2.51. The number of aromatic nitrogens is 3. The maximum absolute atomic E-state index is 12.6. The molecular formula is C11H11F3N4. The minimum atomic E-state index is -4.35. The molecule has 0 saturated carbocycles. The zero-order valence-corrected chi connectivity index (χ0v) is 9.49. The van der Waals surface area contributed by atoms with Crippen molar-refractivity contribution < 1.29 is 13.2 Å². The van der Waals surface area contributed by atoms with E-state index in [1.165, 1.54) is 12.3 Å². The van der Waals surface area contributed by atoms with Gasteiger partial charge < -0.3 is 5.32 Å². The Morgan fingerprint density at radius 3 is 2.67 bits per heavy atom. The molecule has 2 aromatic rings.